The Labute approximate surface area is 126 Å². The number of hydrogen-bond donors (Lipinski definition) is 1. The molecule has 21 heavy (non-hydrogen) atoms. The fourth-order valence-corrected chi connectivity index (χ4v) is 2.02. The highest BCUT2D eigenvalue weighted by molar-refractivity contribution is 5.80. The second kappa shape index (κ2) is 7.98. The predicted octanol–water partition coefficient (Wildman–Crippen LogP) is 2.74. The Morgan fingerprint density at radius 2 is 2.05 bits per heavy atom. The number of hydrogen-bond acceptors (Lipinski definition) is 3. The van der Waals surface area contributed by atoms with Crippen LogP contribution in [0.2, 0.25) is 0 Å². The van der Waals surface area contributed by atoms with Crippen molar-refractivity contribution in [3.8, 4) is 5.75 Å². The Balaban J connectivity index is 2.76. The molecule has 1 N–H and O–H groups in total. The molecule has 0 saturated carbocycles. The summed E-state index contributed by atoms with van der Waals surface area (Å²) < 4.78 is 19.6. The molecule has 0 aromatic heterocycles. The van der Waals surface area contributed by atoms with Gasteiger partial charge < -0.3 is 15.0 Å². The van der Waals surface area contributed by atoms with Gasteiger partial charge in [0.05, 0.1) is 0 Å². The van der Waals surface area contributed by atoms with Gasteiger partial charge in [-0.2, -0.15) is 0 Å². The first-order valence-corrected chi connectivity index (χ1v) is 7.27. The van der Waals surface area contributed by atoms with Gasteiger partial charge in [0.25, 0.3) is 5.91 Å². The van der Waals surface area contributed by atoms with Crippen LogP contribution in [-0.2, 0) is 4.79 Å². The normalized spacial score (nSPS) is 13.6. The van der Waals surface area contributed by atoms with E-state index >= 15 is 0 Å². The number of benzene rings is 1. The Kier molecular flexibility index (Phi) is 6.62. The quantitative estimate of drug-likeness (QED) is 0.841. The summed E-state index contributed by atoms with van der Waals surface area (Å²) in [5, 5.41) is 3.24. The van der Waals surface area contributed by atoms with Gasteiger partial charge in [-0.3, -0.25) is 4.79 Å². The lowest BCUT2D eigenvalue weighted by Gasteiger charge is -2.19. The van der Waals surface area contributed by atoms with Gasteiger partial charge in [0.1, 0.15) is 11.6 Å². The third-order valence-corrected chi connectivity index (χ3v) is 3.24. The number of likely N-dealkylation sites (N-methyl/N-ethyl adjacent to an activating group) is 1. The number of amides is 1. The number of rotatable bonds is 7. The molecule has 1 aromatic carbocycles. The number of nitrogens with one attached hydrogen (secondary N) is 1. The molecule has 0 spiro atoms. The molecule has 5 heteroatoms. The van der Waals surface area contributed by atoms with Crippen molar-refractivity contribution in [1.29, 1.82) is 0 Å². The highest BCUT2D eigenvalue weighted by Gasteiger charge is 2.18. The second-order valence-electron chi connectivity index (χ2n) is 5.35. The summed E-state index contributed by atoms with van der Waals surface area (Å²) in [5.41, 5.74) is 0.599. The number of ether oxygens (including phenoxy) is 1. The Morgan fingerprint density at radius 1 is 1.38 bits per heavy atom. The van der Waals surface area contributed by atoms with Crippen LogP contribution in [0.15, 0.2) is 18.2 Å². The van der Waals surface area contributed by atoms with Crippen LogP contribution in [0.1, 0.15) is 38.8 Å². The molecule has 0 heterocycles. The standard InChI is InChI=1S/C16H25FN2O2/c1-6-9-18-11(2)14-8-7-13(10-15(14)17)21-12(3)16(20)19(4)5/h7-8,10-12,18H,6,9H2,1-5H3. The zero-order valence-corrected chi connectivity index (χ0v) is 13.4. The second-order valence-corrected chi connectivity index (χ2v) is 5.35. The van der Waals surface area contributed by atoms with E-state index < -0.39 is 6.10 Å². The molecule has 0 aliphatic carbocycles. The first kappa shape index (κ1) is 17.4. The van der Waals surface area contributed by atoms with E-state index in [9.17, 15) is 9.18 Å². The van der Waals surface area contributed by atoms with Gasteiger partial charge in [-0.15, -0.1) is 0 Å². The van der Waals surface area contributed by atoms with E-state index in [0.29, 0.717) is 11.3 Å². The van der Waals surface area contributed by atoms with E-state index in [0.717, 1.165) is 13.0 Å². The summed E-state index contributed by atoms with van der Waals surface area (Å²) in [6, 6.07) is 4.67. The van der Waals surface area contributed by atoms with Crippen LogP contribution in [0.3, 0.4) is 0 Å². The molecule has 1 aromatic rings. The molecule has 1 rings (SSSR count). The van der Waals surface area contributed by atoms with Crippen molar-refractivity contribution in [1.82, 2.24) is 10.2 Å². The minimum absolute atomic E-state index is 0.0557. The summed E-state index contributed by atoms with van der Waals surface area (Å²) in [5.74, 6) is -0.118. The highest BCUT2D eigenvalue weighted by Crippen LogP contribution is 2.22. The van der Waals surface area contributed by atoms with Crippen molar-refractivity contribution in [3.05, 3.63) is 29.6 Å². The maximum Gasteiger partial charge on any atom is 0.262 e. The zero-order valence-electron chi connectivity index (χ0n) is 13.4. The zero-order chi connectivity index (χ0) is 16.0. The fraction of sp³-hybridized carbons (Fsp3) is 0.562. The van der Waals surface area contributed by atoms with Crippen LogP contribution in [0.25, 0.3) is 0 Å². The maximum atomic E-state index is 14.1. The molecule has 0 fully saturated rings. The highest BCUT2D eigenvalue weighted by atomic mass is 19.1. The van der Waals surface area contributed by atoms with Crippen LogP contribution in [-0.4, -0.2) is 37.6 Å². The van der Waals surface area contributed by atoms with Gasteiger partial charge in [0, 0.05) is 31.8 Å². The first-order valence-electron chi connectivity index (χ1n) is 7.27. The summed E-state index contributed by atoms with van der Waals surface area (Å²) in [4.78, 5) is 13.2. The molecule has 0 saturated heterocycles. The smallest absolute Gasteiger partial charge is 0.262 e. The average Bonchev–Trinajstić information content (AvgIpc) is 2.43. The van der Waals surface area contributed by atoms with Gasteiger partial charge in [0.2, 0.25) is 0 Å². The molecule has 0 radical (unpaired) electrons. The molecule has 0 bridgehead atoms. The van der Waals surface area contributed by atoms with Crippen LogP contribution < -0.4 is 10.1 Å². The van der Waals surface area contributed by atoms with Crippen molar-refractivity contribution in [2.45, 2.75) is 39.3 Å². The van der Waals surface area contributed by atoms with E-state index in [4.69, 9.17) is 4.74 Å². The fourth-order valence-electron chi connectivity index (χ4n) is 2.02. The van der Waals surface area contributed by atoms with Crippen LogP contribution in [0.4, 0.5) is 4.39 Å². The molecule has 0 aliphatic heterocycles. The number of nitrogens with zero attached hydrogens (tertiary/aromatic N) is 1. The maximum absolute atomic E-state index is 14.1. The third kappa shape index (κ3) is 5.01. The molecule has 118 valence electrons. The van der Waals surface area contributed by atoms with E-state index in [1.807, 2.05) is 6.92 Å². The lowest BCUT2D eigenvalue weighted by atomic mass is 10.1. The van der Waals surface area contributed by atoms with Crippen LogP contribution >= 0.6 is 0 Å². The van der Waals surface area contributed by atoms with Gasteiger partial charge in [-0.25, -0.2) is 4.39 Å². The lowest BCUT2D eigenvalue weighted by Crippen LogP contribution is -2.35. The van der Waals surface area contributed by atoms with Crippen molar-refractivity contribution in [3.63, 3.8) is 0 Å². The molecule has 0 aliphatic rings. The average molecular weight is 296 g/mol. The third-order valence-electron chi connectivity index (χ3n) is 3.24. The van der Waals surface area contributed by atoms with Gasteiger partial charge in [0.15, 0.2) is 6.10 Å². The summed E-state index contributed by atoms with van der Waals surface area (Å²) in [7, 11) is 3.32. The number of carbonyl (C=O) groups is 1. The minimum atomic E-state index is -0.638. The largest absolute Gasteiger partial charge is 0.481 e. The first-order chi connectivity index (χ1) is 9.86. The van der Waals surface area contributed by atoms with Crippen molar-refractivity contribution < 1.29 is 13.9 Å². The van der Waals surface area contributed by atoms with Crippen molar-refractivity contribution in [2.75, 3.05) is 20.6 Å². The number of halogens is 1. The van der Waals surface area contributed by atoms with Gasteiger partial charge >= 0.3 is 0 Å². The predicted molar refractivity (Wildman–Crippen MR) is 81.9 cm³/mol. The van der Waals surface area contributed by atoms with Crippen LogP contribution in [0, 0.1) is 5.82 Å². The summed E-state index contributed by atoms with van der Waals surface area (Å²) in [6.45, 7) is 6.48. The summed E-state index contributed by atoms with van der Waals surface area (Å²) >= 11 is 0. The lowest BCUT2D eigenvalue weighted by molar-refractivity contribution is -0.135. The molecule has 2 unspecified atom stereocenters. The Hall–Kier alpha value is -1.62. The molecule has 2 atom stereocenters. The van der Waals surface area contributed by atoms with E-state index in [1.54, 1.807) is 33.2 Å². The Morgan fingerprint density at radius 3 is 2.57 bits per heavy atom. The van der Waals surface area contributed by atoms with Crippen molar-refractivity contribution in [2.24, 2.45) is 0 Å². The molecular weight excluding hydrogens is 271 g/mol. The Bertz CT molecular complexity index is 477. The van der Waals surface area contributed by atoms with E-state index in [2.05, 4.69) is 12.2 Å². The topological polar surface area (TPSA) is 41.6 Å². The monoisotopic (exact) mass is 296 g/mol. The SMILES string of the molecule is CCCNC(C)c1ccc(OC(C)C(=O)N(C)C)cc1F. The van der Waals surface area contributed by atoms with Gasteiger partial charge in [-0.05, 0) is 32.9 Å². The van der Waals surface area contributed by atoms with Gasteiger partial charge in [-0.1, -0.05) is 13.0 Å². The minimum Gasteiger partial charge on any atom is -0.481 e. The summed E-state index contributed by atoms with van der Waals surface area (Å²) in [6.07, 6.45) is 0.359. The molecule has 1 amide bonds. The van der Waals surface area contributed by atoms with Crippen molar-refractivity contribution >= 4 is 5.91 Å². The van der Waals surface area contributed by atoms with E-state index in [-0.39, 0.29) is 17.8 Å². The molecule has 4 nitrogen and oxygen atoms in total. The number of carbonyl (C=O) groups excluding carboxylic acids is 1. The van der Waals surface area contributed by atoms with Crippen LogP contribution in [0.5, 0.6) is 5.75 Å². The molecular formula is C16H25FN2O2. The van der Waals surface area contributed by atoms with E-state index in [1.165, 1.54) is 11.0 Å².